The lowest BCUT2D eigenvalue weighted by Gasteiger charge is -2.37. The highest BCUT2D eigenvalue weighted by molar-refractivity contribution is 5.87. The molecule has 3 aromatic carbocycles. The highest BCUT2D eigenvalue weighted by Crippen LogP contribution is 2.43. The summed E-state index contributed by atoms with van der Waals surface area (Å²) in [6.07, 6.45) is -16.3. The number of aromatic nitrogens is 2. The molecule has 55 heavy (non-hydrogen) atoms. The van der Waals surface area contributed by atoms with E-state index >= 15 is 0 Å². The number of benzene rings is 3. The minimum absolute atomic E-state index is 0.120. The van der Waals surface area contributed by atoms with E-state index in [4.69, 9.17) is 23.7 Å². The molecule has 18 heteroatoms. The van der Waals surface area contributed by atoms with Crippen molar-refractivity contribution in [3.8, 4) is 11.5 Å². The van der Waals surface area contributed by atoms with E-state index in [-0.39, 0.29) is 5.82 Å². The Morgan fingerprint density at radius 1 is 0.873 bits per heavy atom. The number of nitrogens with one attached hydrogen (secondary N) is 1. The Bertz CT molecular complexity index is 1870. The molecule has 0 bridgehead atoms. The van der Waals surface area contributed by atoms with E-state index in [9.17, 15) is 41.0 Å². The van der Waals surface area contributed by atoms with Gasteiger partial charge in [0.05, 0.1) is 27.4 Å². The number of hydrogen-bond donors (Lipinski definition) is 2. The quantitative estimate of drug-likeness (QED) is 0.0680. The maximum absolute atomic E-state index is 13.1. The molecular formula is C37H37F6N3O9. The summed E-state index contributed by atoms with van der Waals surface area (Å²) in [6.45, 7) is -2.21. The SMILES string of the molecule is COc1ccc(C(OC[C@H]2O[C@@H](n3ccc(NC(C)=O)nc3=O)[C@@H](OCOCC(C(F)(F)F)C(F)(F)F)[C@H]2O)(c2ccccc2)c2ccc(OC)cc2)cc1. The molecule has 12 nitrogen and oxygen atoms in total. The van der Waals surface area contributed by atoms with Crippen LogP contribution in [0.5, 0.6) is 11.5 Å². The first-order valence-electron chi connectivity index (χ1n) is 16.6. The number of carbonyl (C=O) groups is 1. The first-order chi connectivity index (χ1) is 26.1. The van der Waals surface area contributed by atoms with Crippen LogP contribution in [0, 0.1) is 5.92 Å². The zero-order valence-electron chi connectivity index (χ0n) is 29.5. The molecule has 1 aliphatic rings. The zero-order valence-corrected chi connectivity index (χ0v) is 29.5. The van der Waals surface area contributed by atoms with Crippen molar-refractivity contribution in [1.29, 1.82) is 0 Å². The molecule has 2 N–H and O–H groups in total. The van der Waals surface area contributed by atoms with Gasteiger partial charge in [0.15, 0.2) is 12.1 Å². The minimum atomic E-state index is -5.66. The fourth-order valence-corrected chi connectivity index (χ4v) is 6.06. The maximum Gasteiger partial charge on any atom is 0.402 e. The zero-order chi connectivity index (χ0) is 40.0. The number of aliphatic hydroxyl groups excluding tert-OH is 1. The van der Waals surface area contributed by atoms with Gasteiger partial charge in [-0.1, -0.05) is 54.6 Å². The Labute approximate surface area is 310 Å². The lowest BCUT2D eigenvalue weighted by molar-refractivity contribution is -0.299. The number of methoxy groups -OCH3 is 2. The van der Waals surface area contributed by atoms with E-state index in [2.05, 4.69) is 15.0 Å². The van der Waals surface area contributed by atoms with Crippen LogP contribution in [0.2, 0.25) is 0 Å². The van der Waals surface area contributed by atoms with Crippen molar-refractivity contribution < 1.29 is 64.7 Å². The maximum atomic E-state index is 13.1. The van der Waals surface area contributed by atoms with Gasteiger partial charge in [0.25, 0.3) is 0 Å². The van der Waals surface area contributed by atoms with E-state index in [1.165, 1.54) is 27.2 Å². The monoisotopic (exact) mass is 781 g/mol. The van der Waals surface area contributed by atoms with E-state index < -0.39 is 80.0 Å². The lowest BCUT2D eigenvalue weighted by atomic mass is 9.80. The van der Waals surface area contributed by atoms with Gasteiger partial charge >= 0.3 is 18.0 Å². The molecule has 1 aliphatic heterocycles. The predicted molar refractivity (Wildman–Crippen MR) is 182 cm³/mol. The first kappa shape index (κ1) is 41.2. The van der Waals surface area contributed by atoms with Crippen molar-refractivity contribution in [1.82, 2.24) is 9.55 Å². The average molecular weight is 782 g/mol. The number of anilines is 1. The summed E-state index contributed by atoms with van der Waals surface area (Å²) in [4.78, 5) is 28.4. The first-order valence-corrected chi connectivity index (χ1v) is 16.6. The number of aliphatic hydroxyl groups is 1. The normalized spacial score (nSPS) is 19.0. The second-order valence-electron chi connectivity index (χ2n) is 12.3. The van der Waals surface area contributed by atoms with E-state index in [0.29, 0.717) is 28.2 Å². The molecule has 1 saturated heterocycles. The Balaban J connectivity index is 1.50. The second-order valence-corrected chi connectivity index (χ2v) is 12.3. The Morgan fingerprint density at radius 2 is 1.42 bits per heavy atom. The number of rotatable bonds is 15. The molecule has 4 atom stereocenters. The predicted octanol–water partition coefficient (Wildman–Crippen LogP) is 5.59. The number of hydrogen-bond acceptors (Lipinski definition) is 10. The fraction of sp³-hybridized carbons (Fsp3) is 0.378. The van der Waals surface area contributed by atoms with Crippen LogP contribution in [0.25, 0.3) is 0 Å². The largest absolute Gasteiger partial charge is 0.497 e. The average Bonchev–Trinajstić information content (AvgIpc) is 3.45. The molecule has 2 heterocycles. The topological polar surface area (TPSA) is 140 Å². The highest BCUT2D eigenvalue weighted by Gasteiger charge is 2.57. The van der Waals surface area contributed by atoms with Crippen molar-refractivity contribution in [3.05, 3.63) is 118 Å². The second kappa shape index (κ2) is 17.2. The van der Waals surface area contributed by atoms with E-state index in [1.807, 2.05) is 18.2 Å². The summed E-state index contributed by atoms with van der Waals surface area (Å²) in [5.74, 6) is -3.34. The molecule has 1 fully saturated rings. The summed E-state index contributed by atoms with van der Waals surface area (Å²) in [7, 11) is 3.02. The Hall–Kier alpha value is -5.01. The third-order valence-corrected chi connectivity index (χ3v) is 8.78. The van der Waals surface area contributed by atoms with Gasteiger partial charge in [-0.05, 0) is 47.0 Å². The number of alkyl halides is 6. The van der Waals surface area contributed by atoms with Crippen LogP contribution in [0.1, 0.15) is 29.8 Å². The van der Waals surface area contributed by atoms with Crippen LogP contribution in [0.15, 0.2) is 95.9 Å². The molecule has 1 amide bonds. The van der Waals surface area contributed by atoms with Gasteiger partial charge in [0.1, 0.15) is 48.0 Å². The molecule has 5 rings (SSSR count). The van der Waals surface area contributed by atoms with Crippen LogP contribution in [-0.4, -0.2) is 85.5 Å². The fourth-order valence-electron chi connectivity index (χ4n) is 6.06. The Kier molecular flexibility index (Phi) is 12.9. The highest BCUT2D eigenvalue weighted by atomic mass is 19.4. The van der Waals surface area contributed by atoms with Gasteiger partial charge in [-0.15, -0.1) is 0 Å². The van der Waals surface area contributed by atoms with E-state index in [0.717, 1.165) is 10.8 Å². The molecule has 0 aliphatic carbocycles. The number of nitrogens with zero attached hydrogens (tertiary/aromatic N) is 2. The van der Waals surface area contributed by atoms with Crippen LogP contribution in [0.3, 0.4) is 0 Å². The van der Waals surface area contributed by atoms with Crippen LogP contribution in [-0.2, 0) is 29.3 Å². The standard InChI is InChI=1S/C37H37F6N3O9/c1-22(47)44-30-17-18-46(34(49)45-30)33-32(53-21-52-20-29(36(38,39)40)37(41,42)43)31(48)28(55-33)19-54-35(23-7-5-4-6-8-23,24-9-13-26(50-2)14-10-24)25-11-15-27(51-3)16-12-25/h4-18,28-29,31-33,48H,19-21H2,1-3H3,(H,44,45,47,49)/t28-,31+,32+,33-/m1/s1. The third kappa shape index (κ3) is 9.45. The number of ether oxygens (including phenoxy) is 6. The molecule has 0 saturated carbocycles. The van der Waals surface area contributed by atoms with Crippen molar-refractivity contribution in [3.63, 3.8) is 0 Å². The van der Waals surface area contributed by atoms with Crippen LogP contribution in [0.4, 0.5) is 32.2 Å². The number of carbonyl (C=O) groups excluding carboxylic acids is 1. The summed E-state index contributed by atoms with van der Waals surface area (Å²) in [5.41, 5.74) is -0.513. The van der Waals surface area contributed by atoms with Gasteiger partial charge in [0, 0.05) is 13.1 Å². The molecule has 0 unspecified atom stereocenters. The van der Waals surface area contributed by atoms with E-state index in [1.54, 1.807) is 60.7 Å². The van der Waals surface area contributed by atoms with Crippen molar-refractivity contribution in [2.75, 3.05) is 39.5 Å². The summed E-state index contributed by atoms with van der Waals surface area (Å²) >= 11 is 0. The molecule has 296 valence electrons. The van der Waals surface area contributed by atoms with Gasteiger partial charge < -0.3 is 38.8 Å². The van der Waals surface area contributed by atoms with Gasteiger partial charge in [-0.3, -0.25) is 9.36 Å². The van der Waals surface area contributed by atoms with Gasteiger partial charge in [-0.2, -0.15) is 31.3 Å². The lowest BCUT2D eigenvalue weighted by Crippen LogP contribution is -2.42. The van der Waals surface area contributed by atoms with Crippen LogP contribution < -0.4 is 20.5 Å². The molecule has 0 radical (unpaired) electrons. The molecule has 0 spiro atoms. The minimum Gasteiger partial charge on any atom is -0.497 e. The molecule has 4 aromatic rings. The summed E-state index contributed by atoms with van der Waals surface area (Å²) in [5, 5.41) is 13.9. The smallest absolute Gasteiger partial charge is 0.402 e. The summed E-state index contributed by atoms with van der Waals surface area (Å²) < 4.78 is 113. The van der Waals surface area contributed by atoms with Gasteiger partial charge in [-0.25, -0.2) is 4.79 Å². The third-order valence-electron chi connectivity index (χ3n) is 8.78. The van der Waals surface area contributed by atoms with Crippen LogP contribution >= 0.6 is 0 Å². The molecule has 1 aromatic heterocycles. The summed E-state index contributed by atoms with van der Waals surface area (Å²) in [6, 6.07) is 24.3. The number of halogens is 6. The van der Waals surface area contributed by atoms with Gasteiger partial charge in [0.2, 0.25) is 5.91 Å². The molecular weight excluding hydrogens is 744 g/mol. The van der Waals surface area contributed by atoms with Crippen molar-refractivity contribution >= 4 is 11.7 Å². The van der Waals surface area contributed by atoms with Crippen molar-refractivity contribution in [2.45, 2.75) is 49.4 Å². The number of amides is 1. The Morgan fingerprint density at radius 3 is 1.91 bits per heavy atom. The van der Waals surface area contributed by atoms with Crippen molar-refractivity contribution in [2.24, 2.45) is 5.92 Å².